The van der Waals surface area contributed by atoms with Gasteiger partial charge in [0.05, 0.1) is 6.54 Å². The number of benzene rings is 2. The number of aromatic nitrogens is 2. The first-order valence-electron chi connectivity index (χ1n) is 7.38. The number of hydrogen-bond donors (Lipinski definition) is 2. The van der Waals surface area contributed by atoms with Gasteiger partial charge in [-0.1, -0.05) is 60.7 Å². The number of rotatable bonds is 5. The van der Waals surface area contributed by atoms with E-state index in [1.165, 1.54) is 10.6 Å². The summed E-state index contributed by atoms with van der Waals surface area (Å²) in [6.07, 6.45) is 0. The number of nitrogens with zero attached hydrogens (tertiary/aromatic N) is 1. The quantitative estimate of drug-likeness (QED) is 0.759. The van der Waals surface area contributed by atoms with E-state index in [1.807, 2.05) is 60.7 Å². The molecule has 0 unspecified atom stereocenters. The molecular weight excluding hydrogens is 290 g/mol. The lowest BCUT2D eigenvalue weighted by molar-refractivity contribution is 0.724. The van der Waals surface area contributed by atoms with E-state index in [9.17, 15) is 9.59 Å². The van der Waals surface area contributed by atoms with Gasteiger partial charge in [0.2, 0.25) is 0 Å². The summed E-state index contributed by atoms with van der Waals surface area (Å²) in [5.74, 6) is 0.506. The van der Waals surface area contributed by atoms with Gasteiger partial charge < -0.3 is 5.32 Å². The summed E-state index contributed by atoms with van der Waals surface area (Å²) in [5.41, 5.74) is 1.24. The van der Waals surface area contributed by atoms with Gasteiger partial charge in [0, 0.05) is 12.6 Å². The number of aromatic amines is 1. The van der Waals surface area contributed by atoms with Gasteiger partial charge in [-0.05, 0) is 11.1 Å². The molecule has 116 valence electrons. The standard InChI is InChI=1S/C18H17N3O2/c22-17-11-16(19-12-14-7-3-1-4-8-14)21(18(23)20-17)13-15-9-5-2-6-10-15/h1-11,19H,12-13H2,(H,20,22,23). The molecular formula is C18H17N3O2. The van der Waals surface area contributed by atoms with E-state index in [-0.39, 0.29) is 0 Å². The summed E-state index contributed by atoms with van der Waals surface area (Å²) in [6, 6.07) is 20.9. The van der Waals surface area contributed by atoms with Crippen molar-refractivity contribution in [2.45, 2.75) is 13.1 Å². The summed E-state index contributed by atoms with van der Waals surface area (Å²) in [7, 11) is 0. The van der Waals surface area contributed by atoms with Crippen molar-refractivity contribution in [2.75, 3.05) is 5.32 Å². The maximum Gasteiger partial charge on any atom is 0.330 e. The van der Waals surface area contributed by atoms with Crippen LogP contribution in [-0.2, 0) is 13.1 Å². The Morgan fingerprint density at radius 1 is 0.870 bits per heavy atom. The van der Waals surface area contributed by atoms with E-state index in [0.717, 1.165) is 11.1 Å². The van der Waals surface area contributed by atoms with Crippen LogP contribution in [0.5, 0.6) is 0 Å². The third kappa shape index (κ3) is 3.77. The number of anilines is 1. The molecule has 1 heterocycles. The van der Waals surface area contributed by atoms with Crippen LogP contribution in [0.4, 0.5) is 5.82 Å². The highest BCUT2D eigenvalue weighted by Gasteiger charge is 2.07. The van der Waals surface area contributed by atoms with Gasteiger partial charge in [0.15, 0.2) is 0 Å². The molecule has 0 aliphatic rings. The Hall–Kier alpha value is -3.08. The van der Waals surface area contributed by atoms with Crippen LogP contribution >= 0.6 is 0 Å². The zero-order valence-corrected chi connectivity index (χ0v) is 12.5. The van der Waals surface area contributed by atoms with Crippen molar-refractivity contribution in [1.29, 1.82) is 0 Å². The predicted octanol–water partition coefficient (Wildman–Crippen LogP) is 2.20. The third-order valence-electron chi connectivity index (χ3n) is 3.53. The zero-order valence-electron chi connectivity index (χ0n) is 12.5. The molecule has 0 atom stereocenters. The monoisotopic (exact) mass is 307 g/mol. The Bertz CT molecular complexity index is 883. The predicted molar refractivity (Wildman–Crippen MR) is 90.6 cm³/mol. The van der Waals surface area contributed by atoms with Gasteiger partial charge in [-0.2, -0.15) is 0 Å². The fourth-order valence-electron chi connectivity index (χ4n) is 2.38. The van der Waals surface area contributed by atoms with E-state index < -0.39 is 11.2 Å². The molecule has 0 aliphatic heterocycles. The Labute approximate surface area is 133 Å². The Balaban J connectivity index is 1.89. The van der Waals surface area contributed by atoms with Crippen LogP contribution in [0.1, 0.15) is 11.1 Å². The van der Waals surface area contributed by atoms with E-state index in [0.29, 0.717) is 18.9 Å². The molecule has 23 heavy (non-hydrogen) atoms. The second-order valence-electron chi connectivity index (χ2n) is 5.23. The zero-order chi connectivity index (χ0) is 16.1. The van der Waals surface area contributed by atoms with E-state index in [1.54, 1.807) is 0 Å². The molecule has 5 heteroatoms. The minimum Gasteiger partial charge on any atom is -0.367 e. The lowest BCUT2D eigenvalue weighted by Gasteiger charge is -2.14. The number of hydrogen-bond acceptors (Lipinski definition) is 3. The first kappa shape index (κ1) is 14.8. The van der Waals surface area contributed by atoms with Crippen LogP contribution in [0.3, 0.4) is 0 Å². The molecule has 2 N–H and O–H groups in total. The topological polar surface area (TPSA) is 66.9 Å². The van der Waals surface area contributed by atoms with Crippen molar-refractivity contribution in [3.63, 3.8) is 0 Å². The van der Waals surface area contributed by atoms with Crippen LogP contribution in [0.15, 0.2) is 76.3 Å². The normalized spacial score (nSPS) is 10.4. The van der Waals surface area contributed by atoms with E-state index in [2.05, 4.69) is 10.3 Å². The molecule has 1 aromatic heterocycles. The first-order valence-corrected chi connectivity index (χ1v) is 7.38. The molecule has 5 nitrogen and oxygen atoms in total. The summed E-state index contributed by atoms with van der Waals surface area (Å²) in [6.45, 7) is 0.937. The molecule has 0 aliphatic carbocycles. The van der Waals surface area contributed by atoms with Crippen LogP contribution in [0.25, 0.3) is 0 Å². The molecule has 3 rings (SSSR count). The summed E-state index contributed by atoms with van der Waals surface area (Å²) in [4.78, 5) is 26.1. The average Bonchev–Trinajstić information content (AvgIpc) is 2.57. The van der Waals surface area contributed by atoms with Crippen molar-refractivity contribution in [1.82, 2.24) is 9.55 Å². The smallest absolute Gasteiger partial charge is 0.330 e. The van der Waals surface area contributed by atoms with Crippen molar-refractivity contribution < 1.29 is 0 Å². The second-order valence-corrected chi connectivity index (χ2v) is 5.23. The minimum absolute atomic E-state index is 0.396. The molecule has 0 radical (unpaired) electrons. The Kier molecular flexibility index (Phi) is 4.38. The van der Waals surface area contributed by atoms with Crippen molar-refractivity contribution >= 4 is 5.82 Å². The number of H-pyrrole nitrogens is 1. The molecule has 2 aromatic carbocycles. The van der Waals surface area contributed by atoms with Gasteiger partial charge >= 0.3 is 5.69 Å². The highest BCUT2D eigenvalue weighted by atomic mass is 16.2. The lowest BCUT2D eigenvalue weighted by Crippen LogP contribution is -2.31. The van der Waals surface area contributed by atoms with E-state index >= 15 is 0 Å². The highest BCUT2D eigenvalue weighted by Crippen LogP contribution is 2.08. The average molecular weight is 307 g/mol. The van der Waals surface area contributed by atoms with E-state index in [4.69, 9.17) is 0 Å². The summed E-state index contributed by atoms with van der Waals surface area (Å²) >= 11 is 0. The summed E-state index contributed by atoms with van der Waals surface area (Å²) in [5, 5.41) is 3.17. The van der Waals surface area contributed by atoms with Crippen LogP contribution < -0.4 is 16.6 Å². The molecule has 0 spiro atoms. The minimum atomic E-state index is -0.420. The molecule has 0 amide bonds. The second kappa shape index (κ2) is 6.79. The molecule has 0 bridgehead atoms. The van der Waals surface area contributed by atoms with Crippen molar-refractivity contribution in [2.24, 2.45) is 0 Å². The molecule has 0 saturated heterocycles. The fourth-order valence-corrected chi connectivity index (χ4v) is 2.38. The highest BCUT2D eigenvalue weighted by molar-refractivity contribution is 5.36. The molecule has 0 saturated carbocycles. The largest absolute Gasteiger partial charge is 0.367 e. The van der Waals surface area contributed by atoms with Crippen molar-refractivity contribution in [3.8, 4) is 0 Å². The third-order valence-corrected chi connectivity index (χ3v) is 3.53. The van der Waals surface area contributed by atoms with Crippen LogP contribution in [-0.4, -0.2) is 9.55 Å². The van der Waals surface area contributed by atoms with Gasteiger partial charge in [-0.25, -0.2) is 4.79 Å². The fraction of sp³-hybridized carbons (Fsp3) is 0.111. The van der Waals surface area contributed by atoms with Crippen LogP contribution in [0, 0.1) is 0 Å². The van der Waals surface area contributed by atoms with Crippen LogP contribution in [0.2, 0.25) is 0 Å². The molecule has 3 aromatic rings. The van der Waals surface area contributed by atoms with Gasteiger partial charge in [0.25, 0.3) is 5.56 Å². The van der Waals surface area contributed by atoms with Crippen molar-refractivity contribution in [3.05, 3.63) is 98.7 Å². The first-order chi connectivity index (χ1) is 11.2. The Morgan fingerprint density at radius 2 is 1.48 bits per heavy atom. The molecule has 0 fully saturated rings. The van der Waals surface area contributed by atoms with Gasteiger partial charge in [0.1, 0.15) is 5.82 Å². The van der Waals surface area contributed by atoms with Gasteiger partial charge in [-0.3, -0.25) is 14.3 Å². The Morgan fingerprint density at radius 3 is 2.13 bits per heavy atom. The maximum absolute atomic E-state index is 12.1. The summed E-state index contributed by atoms with van der Waals surface area (Å²) < 4.78 is 1.53. The lowest BCUT2D eigenvalue weighted by atomic mass is 10.2. The maximum atomic E-state index is 12.1. The SMILES string of the molecule is O=c1cc(NCc2ccccc2)n(Cc2ccccc2)c(=O)[nH]1. The van der Waals surface area contributed by atoms with Gasteiger partial charge in [-0.15, -0.1) is 0 Å². The number of nitrogens with one attached hydrogen (secondary N) is 2.